The van der Waals surface area contributed by atoms with E-state index in [0.717, 1.165) is 16.7 Å². The highest BCUT2D eigenvalue weighted by Crippen LogP contribution is 2.35. The molecule has 5 N–H and O–H groups in total. The largest absolute Gasteiger partial charge is 0.493 e. The molecule has 0 bridgehead atoms. The van der Waals surface area contributed by atoms with Crippen LogP contribution in [0.5, 0.6) is 5.75 Å². The lowest BCUT2D eigenvalue weighted by Gasteiger charge is -2.33. The highest BCUT2D eigenvalue weighted by molar-refractivity contribution is 7.92. The van der Waals surface area contributed by atoms with Crippen molar-refractivity contribution in [2.45, 2.75) is 45.9 Å². The first-order chi connectivity index (χ1) is 24.4. The minimum atomic E-state index is -4.02. The van der Waals surface area contributed by atoms with Gasteiger partial charge in [-0.2, -0.15) is 0 Å². The maximum Gasteiger partial charge on any atom is 0.263 e. The number of H-pyrrole nitrogens is 1. The Hall–Kier alpha value is -5.18. The number of halogens is 1. The Morgan fingerprint density at radius 3 is 2.33 bits per heavy atom. The van der Waals surface area contributed by atoms with Crippen LogP contribution in [-0.2, 0) is 14.8 Å². The number of rotatable bonds is 13. The third kappa shape index (κ3) is 8.81. The van der Waals surface area contributed by atoms with Crippen LogP contribution in [0.3, 0.4) is 0 Å². The first-order valence-corrected chi connectivity index (χ1v) is 18.2. The minimum Gasteiger partial charge on any atom is -0.493 e. The predicted molar refractivity (Wildman–Crippen MR) is 203 cm³/mol. The van der Waals surface area contributed by atoms with Crippen molar-refractivity contribution in [2.75, 3.05) is 35.6 Å². The monoisotopic (exact) mass is 747 g/mol. The number of ether oxygens (including phenoxy) is 1. The molecule has 0 atom stereocenters. The number of amides is 2. The molecule has 2 heterocycles. The van der Waals surface area contributed by atoms with Gasteiger partial charge in [-0.05, 0) is 91.6 Å². The van der Waals surface area contributed by atoms with Gasteiger partial charge in [0.2, 0.25) is 5.91 Å². The summed E-state index contributed by atoms with van der Waals surface area (Å²) in [6.45, 7) is 9.19. The lowest BCUT2D eigenvalue weighted by atomic mass is 9.75. The predicted octanol–water partition coefficient (Wildman–Crippen LogP) is 7.03. The fourth-order valence-corrected chi connectivity index (χ4v) is 7.12. The summed E-state index contributed by atoms with van der Waals surface area (Å²) in [6.07, 6.45) is 0.430. The summed E-state index contributed by atoms with van der Waals surface area (Å²) in [5, 5.41) is 12.3. The van der Waals surface area contributed by atoms with Gasteiger partial charge in [-0.25, -0.2) is 23.9 Å². The van der Waals surface area contributed by atoms with E-state index < -0.39 is 32.7 Å². The number of aryl methyl sites for hydroxylation is 1. The smallest absolute Gasteiger partial charge is 0.263 e. The van der Waals surface area contributed by atoms with Crippen LogP contribution in [0.4, 0.5) is 17.2 Å². The molecule has 274 valence electrons. The standard InChI is InChI=1S/C37H42ClN7O6S/c1-22-27(34(46)40-23-8-15-29(38)28(18-23)33-41-30-16-9-24(45(6)7)19-31(30)42-33)14-17-32(39-22)44-52(49,50)26-12-10-25(11-13-26)51-21-36(2,3)20-37(4,5)35(47)43-48/h8-19,48H,20-21H2,1-7H3,(H,39,44)(H,40,46)(H,41,42)(H,43,47). The van der Waals surface area contributed by atoms with Crippen LogP contribution >= 0.6 is 11.6 Å². The summed E-state index contributed by atoms with van der Waals surface area (Å²) in [6, 6.07) is 19.8. The topological polar surface area (TPSA) is 179 Å². The first kappa shape index (κ1) is 38.1. The summed E-state index contributed by atoms with van der Waals surface area (Å²) in [4.78, 5) is 39.6. The van der Waals surface area contributed by atoms with E-state index in [0.29, 0.717) is 40.0 Å². The number of fused-ring (bicyclic) bond motifs is 1. The molecule has 15 heteroatoms. The number of aromatic nitrogens is 3. The number of carbonyl (C=O) groups is 2. The van der Waals surface area contributed by atoms with E-state index in [2.05, 4.69) is 25.0 Å². The average Bonchev–Trinajstić information content (AvgIpc) is 3.51. The molecule has 3 aromatic carbocycles. The molecule has 0 saturated heterocycles. The van der Waals surface area contributed by atoms with Gasteiger partial charge in [0.25, 0.3) is 15.9 Å². The summed E-state index contributed by atoms with van der Waals surface area (Å²) in [5.74, 6) is 0.119. The molecule has 52 heavy (non-hydrogen) atoms. The van der Waals surface area contributed by atoms with Crippen molar-refractivity contribution in [3.05, 3.63) is 89.1 Å². The molecule has 2 amide bonds. The Bertz CT molecular complexity index is 2240. The Morgan fingerprint density at radius 2 is 1.67 bits per heavy atom. The van der Waals surface area contributed by atoms with Crippen LogP contribution in [0.2, 0.25) is 5.02 Å². The number of hydrogen-bond acceptors (Lipinski definition) is 9. The first-order valence-electron chi connectivity index (χ1n) is 16.3. The van der Waals surface area contributed by atoms with E-state index in [9.17, 15) is 18.0 Å². The third-order valence-electron chi connectivity index (χ3n) is 8.43. The van der Waals surface area contributed by atoms with Gasteiger partial charge >= 0.3 is 0 Å². The molecule has 0 radical (unpaired) electrons. The van der Waals surface area contributed by atoms with Crippen molar-refractivity contribution >= 4 is 61.7 Å². The molecule has 2 aromatic heterocycles. The van der Waals surface area contributed by atoms with Gasteiger partial charge in [0.1, 0.15) is 17.4 Å². The molecule has 5 aromatic rings. The molecule has 0 saturated carbocycles. The molecule has 0 spiro atoms. The van der Waals surface area contributed by atoms with Gasteiger partial charge in [0.15, 0.2) is 0 Å². The molecular formula is C37H42ClN7O6S. The van der Waals surface area contributed by atoms with Gasteiger partial charge in [0.05, 0.1) is 38.8 Å². The number of anilines is 3. The second-order valence-electron chi connectivity index (χ2n) is 14.2. The average molecular weight is 748 g/mol. The zero-order valence-electron chi connectivity index (χ0n) is 30.0. The van der Waals surface area contributed by atoms with Crippen LogP contribution in [0, 0.1) is 17.8 Å². The zero-order valence-corrected chi connectivity index (χ0v) is 31.5. The van der Waals surface area contributed by atoms with Gasteiger partial charge in [-0.1, -0.05) is 39.3 Å². The van der Waals surface area contributed by atoms with Crippen LogP contribution in [-0.4, -0.2) is 61.1 Å². The van der Waals surface area contributed by atoms with Gasteiger partial charge < -0.3 is 19.9 Å². The second-order valence-corrected chi connectivity index (χ2v) is 16.3. The van der Waals surface area contributed by atoms with E-state index in [1.54, 1.807) is 56.6 Å². The van der Waals surface area contributed by atoms with E-state index in [1.807, 2.05) is 51.0 Å². The maximum atomic E-state index is 13.3. The third-order valence-corrected chi connectivity index (χ3v) is 10.1. The van der Waals surface area contributed by atoms with Gasteiger partial charge in [-0.3, -0.25) is 19.5 Å². The number of benzene rings is 3. The van der Waals surface area contributed by atoms with Gasteiger partial charge in [-0.15, -0.1) is 0 Å². The Labute approximate surface area is 307 Å². The molecular weight excluding hydrogens is 706 g/mol. The fraction of sp³-hybridized carbons (Fsp3) is 0.297. The summed E-state index contributed by atoms with van der Waals surface area (Å²) in [5.41, 5.74) is 4.74. The summed E-state index contributed by atoms with van der Waals surface area (Å²) >= 11 is 6.53. The van der Waals surface area contributed by atoms with E-state index in [1.165, 1.54) is 24.3 Å². The lowest BCUT2D eigenvalue weighted by molar-refractivity contribution is -0.140. The number of sulfonamides is 1. The van der Waals surface area contributed by atoms with Crippen molar-refractivity contribution in [2.24, 2.45) is 10.8 Å². The number of nitrogens with zero attached hydrogens (tertiary/aromatic N) is 3. The molecule has 0 aliphatic rings. The SMILES string of the molecule is Cc1nc(NS(=O)(=O)c2ccc(OCC(C)(C)CC(C)(C)C(=O)NO)cc2)ccc1C(=O)Nc1ccc(Cl)c(-c2nc3ccc(N(C)C)cc3[nH]2)c1. The minimum absolute atomic E-state index is 0.0118. The van der Waals surface area contributed by atoms with Crippen LogP contribution in [0.15, 0.2) is 77.7 Å². The van der Waals surface area contributed by atoms with Gasteiger partial charge in [0, 0.05) is 36.4 Å². The number of nitrogens with one attached hydrogen (secondary N) is 4. The van der Waals surface area contributed by atoms with E-state index in [4.69, 9.17) is 21.5 Å². The van der Waals surface area contributed by atoms with E-state index in [-0.39, 0.29) is 22.9 Å². The van der Waals surface area contributed by atoms with Crippen LogP contribution in [0.1, 0.15) is 50.2 Å². The molecule has 5 rings (SSSR count). The van der Waals surface area contributed by atoms with Crippen LogP contribution < -0.4 is 25.2 Å². The van der Waals surface area contributed by atoms with Crippen molar-refractivity contribution in [1.82, 2.24) is 20.4 Å². The molecule has 0 aliphatic heterocycles. The van der Waals surface area contributed by atoms with Crippen LogP contribution in [0.25, 0.3) is 22.4 Å². The second kappa shape index (κ2) is 14.8. The number of carbonyl (C=O) groups excluding carboxylic acids is 2. The lowest BCUT2D eigenvalue weighted by Crippen LogP contribution is -2.39. The highest BCUT2D eigenvalue weighted by atomic mass is 35.5. The quantitative estimate of drug-likeness (QED) is 0.0625. The Morgan fingerprint density at radius 1 is 0.962 bits per heavy atom. The summed E-state index contributed by atoms with van der Waals surface area (Å²) in [7, 11) is -0.103. The number of hydrogen-bond donors (Lipinski definition) is 5. The number of hydroxylamine groups is 1. The molecule has 0 unspecified atom stereocenters. The van der Waals surface area contributed by atoms with Crippen molar-refractivity contribution in [1.29, 1.82) is 0 Å². The Kier molecular flexibility index (Phi) is 10.8. The molecule has 13 nitrogen and oxygen atoms in total. The fourth-order valence-electron chi connectivity index (χ4n) is 5.91. The number of imidazole rings is 1. The zero-order chi connectivity index (χ0) is 38.0. The maximum absolute atomic E-state index is 13.3. The highest BCUT2D eigenvalue weighted by Gasteiger charge is 2.35. The molecule has 0 aliphatic carbocycles. The number of pyridine rings is 1. The Balaban J connectivity index is 1.23. The van der Waals surface area contributed by atoms with Crippen molar-refractivity contribution < 1.29 is 28.0 Å². The summed E-state index contributed by atoms with van der Waals surface area (Å²) < 4.78 is 34.7. The van der Waals surface area contributed by atoms with Crippen molar-refractivity contribution in [3.8, 4) is 17.1 Å². The number of aromatic amines is 1. The normalized spacial score (nSPS) is 12.0. The van der Waals surface area contributed by atoms with Crippen molar-refractivity contribution in [3.63, 3.8) is 0 Å². The molecule has 0 fully saturated rings. The van der Waals surface area contributed by atoms with E-state index >= 15 is 0 Å².